The molecule has 1 N–H and O–H groups in total. The zero-order valence-corrected chi connectivity index (χ0v) is 17.3. The number of ether oxygens (including phenoxy) is 1. The van der Waals surface area contributed by atoms with Crippen LogP contribution in [0.25, 0.3) is 16.8 Å². The molecule has 0 aliphatic carbocycles. The van der Waals surface area contributed by atoms with E-state index in [4.69, 9.17) is 4.74 Å². The summed E-state index contributed by atoms with van der Waals surface area (Å²) in [5.74, 6) is -0.131. The van der Waals surface area contributed by atoms with Crippen LogP contribution in [0.1, 0.15) is 22.8 Å². The summed E-state index contributed by atoms with van der Waals surface area (Å²) in [6.07, 6.45) is -2.91. The van der Waals surface area contributed by atoms with Crippen LogP contribution in [-0.2, 0) is 11.0 Å². The Labute approximate surface area is 185 Å². The molecule has 1 amide bonds. The third-order valence-electron chi connectivity index (χ3n) is 4.74. The molecule has 168 valence electrons. The highest BCUT2D eigenvalue weighted by Crippen LogP contribution is 2.32. The topological polar surface area (TPSA) is 85.6 Å². The van der Waals surface area contributed by atoms with Gasteiger partial charge in [0.25, 0.3) is 5.91 Å². The maximum Gasteiger partial charge on any atom is 0.416 e. The summed E-state index contributed by atoms with van der Waals surface area (Å²) in [4.78, 5) is 27.6. The summed E-state index contributed by atoms with van der Waals surface area (Å²) in [5, 5.41) is 6.66. The number of amides is 1. The minimum Gasteiger partial charge on any atom is -0.484 e. The fourth-order valence-electron chi connectivity index (χ4n) is 3.08. The van der Waals surface area contributed by atoms with Crippen molar-refractivity contribution in [3.63, 3.8) is 0 Å². The number of alkyl halides is 3. The minimum absolute atomic E-state index is 0.0247. The zero-order chi connectivity index (χ0) is 23.6. The van der Waals surface area contributed by atoms with Gasteiger partial charge in [-0.05, 0) is 61.0 Å². The summed E-state index contributed by atoms with van der Waals surface area (Å²) >= 11 is 0. The van der Waals surface area contributed by atoms with Gasteiger partial charge in [0, 0.05) is 17.3 Å². The highest BCUT2D eigenvalue weighted by atomic mass is 19.4. The fraction of sp³-hybridized carbons (Fsp3) is 0.130. The van der Waals surface area contributed by atoms with Gasteiger partial charge in [-0.1, -0.05) is 12.1 Å². The molecule has 4 aromatic rings. The maximum atomic E-state index is 13.0. The molecule has 2 heterocycles. The predicted octanol–water partition coefficient (Wildman–Crippen LogP) is 4.64. The van der Waals surface area contributed by atoms with Crippen LogP contribution in [0.4, 0.5) is 19.1 Å². The number of aromatic nitrogens is 3. The average Bonchev–Trinajstić information content (AvgIpc) is 3.19. The molecule has 0 saturated carbocycles. The first-order valence-electron chi connectivity index (χ1n) is 9.77. The minimum atomic E-state index is -4.44. The zero-order valence-electron chi connectivity index (χ0n) is 17.3. The molecule has 0 radical (unpaired) electrons. The van der Waals surface area contributed by atoms with Crippen LogP contribution < -0.4 is 10.1 Å². The van der Waals surface area contributed by atoms with E-state index in [0.717, 1.165) is 12.1 Å². The van der Waals surface area contributed by atoms with Gasteiger partial charge in [0.2, 0.25) is 5.95 Å². The number of hydrogen-bond acceptors (Lipinski definition) is 5. The molecule has 0 atom stereocenters. The van der Waals surface area contributed by atoms with Gasteiger partial charge in [-0.25, -0.2) is 4.52 Å². The van der Waals surface area contributed by atoms with E-state index >= 15 is 0 Å². The molecule has 2 aromatic carbocycles. The Morgan fingerprint density at radius 2 is 1.79 bits per heavy atom. The number of rotatable bonds is 6. The van der Waals surface area contributed by atoms with E-state index < -0.39 is 17.6 Å². The number of benzene rings is 2. The number of anilines is 1. The standard InChI is InChI=1S/C23H17F3N4O3/c1-14(31)15-5-8-19(9-6-15)33-13-21(32)28-22-27-20-10-7-17(12-30(20)29-22)16-3-2-4-18(11-16)23(24,25)26/h2-12H,13H2,1H3,(H,28,29,32). The quantitative estimate of drug-likeness (QED) is 0.429. The second-order valence-electron chi connectivity index (χ2n) is 7.15. The van der Waals surface area contributed by atoms with Crippen molar-refractivity contribution in [2.24, 2.45) is 0 Å². The highest BCUT2D eigenvalue weighted by Gasteiger charge is 2.30. The lowest BCUT2D eigenvalue weighted by molar-refractivity contribution is -0.137. The molecule has 0 bridgehead atoms. The maximum absolute atomic E-state index is 13.0. The Balaban J connectivity index is 1.44. The van der Waals surface area contributed by atoms with Crippen LogP contribution in [0, 0.1) is 0 Å². The van der Waals surface area contributed by atoms with E-state index in [1.165, 1.54) is 23.7 Å². The van der Waals surface area contributed by atoms with E-state index in [2.05, 4.69) is 15.4 Å². The average molecular weight is 454 g/mol. The number of nitrogens with one attached hydrogen (secondary N) is 1. The van der Waals surface area contributed by atoms with Gasteiger partial charge in [-0.3, -0.25) is 14.9 Å². The molecule has 0 saturated heterocycles. The third kappa shape index (κ3) is 5.17. The summed E-state index contributed by atoms with van der Waals surface area (Å²) < 4.78 is 45.7. The number of hydrogen-bond donors (Lipinski definition) is 1. The van der Waals surface area contributed by atoms with Crippen molar-refractivity contribution in [2.45, 2.75) is 13.1 Å². The van der Waals surface area contributed by atoms with Crippen LogP contribution in [0.5, 0.6) is 5.75 Å². The molecule has 4 rings (SSSR count). The second-order valence-corrected chi connectivity index (χ2v) is 7.15. The van der Waals surface area contributed by atoms with Crippen molar-refractivity contribution >= 4 is 23.3 Å². The lowest BCUT2D eigenvalue weighted by atomic mass is 10.0. The van der Waals surface area contributed by atoms with Crippen molar-refractivity contribution in [1.82, 2.24) is 14.6 Å². The Morgan fingerprint density at radius 1 is 1.03 bits per heavy atom. The number of nitrogens with zero attached hydrogens (tertiary/aromatic N) is 3. The first-order valence-corrected chi connectivity index (χ1v) is 9.77. The number of halogens is 3. The molecule has 0 aliphatic heterocycles. The molecule has 0 aliphatic rings. The summed E-state index contributed by atoms with van der Waals surface area (Å²) in [5.41, 5.74) is 1.07. The molecule has 0 fully saturated rings. The molecule has 2 aromatic heterocycles. The normalized spacial score (nSPS) is 11.4. The number of carbonyl (C=O) groups is 2. The summed E-state index contributed by atoms with van der Waals surface area (Å²) in [6, 6.07) is 14.5. The van der Waals surface area contributed by atoms with E-state index in [-0.39, 0.29) is 18.3 Å². The molecule has 10 heteroatoms. The van der Waals surface area contributed by atoms with Crippen molar-refractivity contribution in [1.29, 1.82) is 0 Å². The van der Waals surface area contributed by atoms with Crippen LogP contribution in [0.2, 0.25) is 0 Å². The third-order valence-corrected chi connectivity index (χ3v) is 4.74. The van der Waals surface area contributed by atoms with E-state index in [9.17, 15) is 22.8 Å². The number of carbonyl (C=O) groups excluding carboxylic acids is 2. The smallest absolute Gasteiger partial charge is 0.416 e. The Morgan fingerprint density at radius 3 is 2.48 bits per heavy atom. The van der Waals surface area contributed by atoms with E-state index in [0.29, 0.717) is 28.1 Å². The molecule has 0 unspecified atom stereocenters. The molecule has 33 heavy (non-hydrogen) atoms. The molecular formula is C23H17F3N4O3. The number of fused-ring (bicyclic) bond motifs is 1. The van der Waals surface area contributed by atoms with Crippen molar-refractivity contribution in [2.75, 3.05) is 11.9 Å². The first kappa shape index (κ1) is 22.0. The van der Waals surface area contributed by atoms with Gasteiger partial charge in [0.1, 0.15) is 5.75 Å². The van der Waals surface area contributed by atoms with Gasteiger partial charge in [0.05, 0.1) is 5.56 Å². The van der Waals surface area contributed by atoms with Gasteiger partial charge in [-0.2, -0.15) is 18.2 Å². The summed E-state index contributed by atoms with van der Waals surface area (Å²) in [6.45, 7) is 1.15. The highest BCUT2D eigenvalue weighted by molar-refractivity contribution is 5.94. The number of ketones is 1. The van der Waals surface area contributed by atoms with Crippen molar-refractivity contribution < 1.29 is 27.5 Å². The second kappa shape index (κ2) is 8.73. The number of Topliss-reactive ketones (excluding diaryl/α,β-unsaturated/α-hetero) is 1. The lowest BCUT2D eigenvalue weighted by Crippen LogP contribution is -2.20. The largest absolute Gasteiger partial charge is 0.484 e. The van der Waals surface area contributed by atoms with Gasteiger partial charge in [-0.15, -0.1) is 5.10 Å². The summed E-state index contributed by atoms with van der Waals surface area (Å²) in [7, 11) is 0. The molecular weight excluding hydrogens is 437 g/mol. The van der Waals surface area contributed by atoms with Gasteiger partial charge < -0.3 is 4.74 Å². The first-order chi connectivity index (χ1) is 15.7. The monoisotopic (exact) mass is 454 g/mol. The Bertz CT molecular complexity index is 1330. The predicted molar refractivity (Wildman–Crippen MR) is 114 cm³/mol. The van der Waals surface area contributed by atoms with Crippen LogP contribution in [0.3, 0.4) is 0 Å². The Kier molecular flexibility index (Phi) is 5.82. The van der Waals surface area contributed by atoms with Gasteiger partial charge in [0.15, 0.2) is 18.0 Å². The Hall–Kier alpha value is -4.21. The van der Waals surface area contributed by atoms with Crippen molar-refractivity contribution in [3.05, 3.63) is 78.0 Å². The van der Waals surface area contributed by atoms with E-state index in [1.807, 2.05) is 0 Å². The molecule has 0 spiro atoms. The van der Waals surface area contributed by atoms with Crippen LogP contribution in [-0.4, -0.2) is 32.9 Å². The van der Waals surface area contributed by atoms with Crippen LogP contribution in [0.15, 0.2) is 66.9 Å². The van der Waals surface area contributed by atoms with Gasteiger partial charge >= 0.3 is 6.18 Å². The van der Waals surface area contributed by atoms with Crippen molar-refractivity contribution in [3.8, 4) is 16.9 Å². The molecule has 7 nitrogen and oxygen atoms in total. The number of pyridine rings is 1. The van der Waals surface area contributed by atoms with E-state index in [1.54, 1.807) is 42.5 Å². The fourth-order valence-corrected chi connectivity index (χ4v) is 3.08. The lowest BCUT2D eigenvalue weighted by Gasteiger charge is -2.08. The van der Waals surface area contributed by atoms with Crippen LogP contribution >= 0.6 is 0 Å². The SMILES string of the molecule is CC(=O)c1ccc(OCC(=O)Nc2nc3ccc(-c4cccc(C(F)(F)F)c4)cn3n2)cc1.